The third kappa shape index (κ3) is 4.63. The minimum atomic E-state index is -0.357. The van der Waals surface area contributed by atoms with Crippen molar-refractivity contribution < 1.29 is 14.3 Å². The van der Waals surface area contributed by atoms with E-state index >= 15 is 0 Å². The van der Waals surface area contributed by atoms with E-state index in [1.54, 1.807) is 13.2 Å². The van der Waals surface area contributed by atoms with Gasteiger partial charge in [0.05, 0.1) is 6.61 Å². The van der Waals surface area contributed by atoms with E-state index in [2.05, 4.69) is 15.6 Å². The fraction of sp³-hybridized carbons (Fsp3) is 0.278. The summed E-state index contributed by atoms with van der Waals surface area (Å²) in [5, 5.41) is 5.50. The van der Waals surface area contributed by atoms with E-state index in [0.29, 0.717) is 24.4 Å². The van der Waals surface area contributed by atoms with Crippen molar-refractivity contribution in [3.8, 4) is 0 Å². The Morgan fingerprint density at radius 1 is 1.08 bits per heavy atom. The number of anilines is 1. The van der Waals surface area contributed by atoms with Crippen molar-refractivity contribution in [1.29, 1.82) is 0 Å². The third-order valence-corrected chi connectivity index (χ3v) is 3.61. The van der Waals surface area contributed by atoms with Gasteiger partial charge in [0.15, 0.2) is 0 Å². The van der Waals surface area contributed by atoms with Crippen LogP contribution < -0.4 is 10.6 Å². The number of carbonyl (C=O) groups is 2. The van der Waals surface area contributed by atoms with Crippen LogP contribution in [0.2, 0.25) is 0 Å². The highest BCUT2D eigenvalue weighted by Crippen LogP contribution is 2.15. The summed E-state index contributed by atoms with van der Waals surface area (Å²) in [5.41, 5.74) is 3.51. The molecule has 0 aliphatic rings. The van der Waals surface area contributed by atoms with Crippen molar-refractivity contribution in [2.24, 2.45) is 0 Å². The summed E-state index contributed by atoms with van der Waals surface area (Å²) in [6, 6.07) is 8.71. The van der Waals surface area contributed by atoms with Gasteiger partial charge >= 0.3 is 0 Å². The molecule has 0 saturated carbocycles. The summed E-state index contributed by atoms with van der Waals surface area (Å²) >= 11 is 0. The first-order valence-corrected chi connectivity index (χ1v) is 7.63. The van der Waals surface area contributed by atoms with Crippen molar-refractivity contribution in [2.45, 2.75) is 13.8 Å². The smallest absolute Gasteiger partial charge is 0.274 e. The Labute approximate surface area is 141 Å². The number of nitrogens with zero attached hydrogens (tertiary/aromatic N) is 1. The number of hydrogen-bond acceptors (Lipinski definition) is 4. The molecule has 0 aliphatic carbocycles. The molecule has 2 amide bonds. The fourth-order valence-corrected chi connectivity index (χ4v) is 2.08. The predicted molar refractivity (Wildman–Crippen MR) is 92.3 cm³/mol. The van der Waals surface area contributed by atoms with Gasteiger partial charge in [0.2, 0.25) is 0 Å². The molecule has 6 heteroatoms. The van der Waals surface area contributed by atoms with Crippen molar-refractivity contribution in [2.75, 3.05) is 25.6 Å². The molecule has 24 heavy (non-hydrogen) atoms. The molecule has 2 rings (SSSR count). The minimum Gasteiger partial charge on any atom is -0.383 e. The van der Waals surface area contributed by atoms with Crippen LogP contribution in [0.25, 0.3) is 0 Å². The van der Waals surface area contributed by atoms with Gasteiger partial charge in [-0.15, -0.1) is 0 Å². The lowest BCUT2D eigenvalue weighted by Gasteiger charge is -2.08. The number of aromatic nitrogens is 1. The zero-order valence-corrected chi connectivity index (χ0v) is 14.1. The minimum absolute atomic E-state index is 0.188. The van der Waals surface area contributed by atoms with Crippen LogP contribution in [0, 0.1) is 13.8 Å². The summed E-state index contributed by atoms with van der Waals surface area (Å²) in [6.45, 7) is 4.82. The lowest BCUT2D eigenvalue weighted by Crippen LogP contribution is -2.27. The maximum atomic E-state index is 12.3. The molecule has 1 aromatic carbocycles. The number of ether oxygens (including phenoxy) is 1. The Hall–Kier alpha value is -2.73. The maximum Gasteiger partial charge on any atom is 0.274 e. The highest BCUT2D eigenvalue weighted by atomic mass is 16.5. The Balaban J connectivity index is 2.08. The van der Waals surface area contributed by atoms with Crippen LogP contribution in [0.15, 0.2) is 36.5 Å². The zero-order valence-electron chi connectivity index (χ0n) is 14.1. The van der Waals surface area contributed by atoms with E-state index in [4.69, 9.17) is 4.74 Å². The molecular formula is C18H21N3O3. The van der Waals surface area contributed by atoms with E-state index in [1.807, 2.05) is 32.0 Å². The number of amides is 2. The molecule has 0 radical (unpaired) electrons. The molecule has 0 unspecified atom stereocenters. The Kier molecular flexibility index (Phi) is 6.03. The number of benzene rings is 1. The highest BCUT2D eigenvalue weighted by Gasteiger charge is 2.12. The Bertz CT molecular complexity index is 744. The predicted octanol–water partition coefficient (Wildman–Crippen LogP) is 2.33. The standard InChI is InChI=1S/C18H21N3O3/c1-12-4-5-15(10-13(12)2)21-18(23)16-11-14(6-7-19-16)17(22)20-8-9-24-3/h4-7,10-11H,8-9H2,1-3H3,(H,20,22)(H,21,23). The van der Waals surface area contributed by atoms with Crippen LogP contribution >= 0.6 is 0 Å². The first kappa shape index (κ1) is 17.6. The van der Waals surface area contributed by atoms with Crippen molar-refractivity contribution in [3.63, 3.8) is 0 Å². The lowest BCUT2D eigenvalue weighted by molar-refractivity contribution is 0.0937. The molecule has 0 fully saturated rings. The second-order valence-corrected chi connectivity index (χ2v) is 5.43. The highest BCUT2D eigenvalue weighted by molar-refractivity contribution is 6.04. The number of hydrogen-bond donors (Lipinski definition) is 2. The van der Waals surface area contributed by atoms with Crippen LogP contribution in [-0.2, 0) is 4.74 Å². The Morgan fingerprint density at radius 3 is 2.58 bits per heavy atom. The normalized spacial score (nSPS) is 10.3. The number of methoxy groups -OCH3 is 1. The summed E-state index contributed by atoms with van der Waals surface area (Å²) in [7, 11) is 1.56. The summed E-state index contributed by atoms with van der Waals surface area (Å²) in [5.74, 6) is -0.625. The largest absolute Gasteiger partial charge is 0.383 e. The van der Waals surface area contributed by atoms with Gasteiger partial charge in [0.1, 0.15) is 5.69 Å². The molecule has 0 aliphatic heterocycles. The molecule has 2 N–H and O–H groups in total. The molecule has 0 atom stereocenters. The average molecular weight is 327 g/mol. The maximum absolute atomic E-state index is 12.3. The third-order valence-electron chi connectivity index (χ3n) is 3.61. The van der Waals surface area contributed by atoms with E-state index in [1.165, 1.54) is 12.3 Å². The molecule has 0 saturated heterocycles. The monoisotopic (exact) mass is 327 g/mol. The molecule has 0 bridgehead atoms. The first-order valence-electron chi connectivity index (χ1n) is 7.63. The van der Waals surface area contributed by atoms with Gasteiger partial charge in [-0.1, -0.05) is 6.07 Å². The van der Waals surface area contributed by atoms with Crippen molar-refractivity contribution in [1.82, 2.24) is 10.3 Å². The van der Waals surface area contributed by atoms with E-state index in [-0.39, 0.29) is 17.5 Å². The number of pyridine rings is 1. The van der Waals surface area contributed by atoms with Crippen LogP contribution in [0.5, 0.6) is 0 Å². The average Bonchev–Trinajstić information content (AvgIpc) is 2.58. The first-order chi connectivity index (χ1) is 11.5. The second-order valence-electron chi connectivity index (χ2n) is 5.43. The van der Waals surface area contributed by atoms with Crippen LogP contribution in [0.3, 0.4) is 0 Å². The molecular weight excluding hydrogens is 306 g/mol. The second kappa shape index (κ2) is 8.21. The number of nitrogens with one attached hydrogen (secondary N) is 2. The topological polar surface area (TPSA) is 80.3 Å². The molecule has 2 aromatic rings. The van der Waals surface area contributed by atoms with Gasteiger partial charge in [-0.2, -0.15) is 0 Å². The van der Waals surface area contributed by atoms with Gasteiger partial charge in [-0.05, 0) is 49.2 Å². The summed E-state index contributed by atoms with van der Waals surface area (Å²) in [4.78, 5) is 28.4. The summed E-state index contributed by atoms with van der Waals surface area (Å²) in [6.07, 6.45) is 1.44. The molecule has 6 nitrogen and oxygen atoms in total. The summed E-state index contributed by atoms with van der Waals surface area (Å²) < 4.78 is 4.88. The van der Waals surface area contributed by atoms with E-state index in [0.717, 1.165) is 11.1 Å². The van der Waals surface area contributed by atoms with Crippen LogP contribution in [-0.4, -0.2) is 37.1 Å². The van der Waals surface area contributed by atoms with Crippen LogP contribution in [0.4, 0.5) is 5.69 Å². The van der Waals surface area contributed by atoms with E-state index < -0.39 is 0 Å². The van der Waals surface area contributed by atoms with Gasteiger partial charge < -0.3 is 15.4 Å². The van der Waals surface area contributed by atoms with Crippen molar-refractivity contribution in [3.05, 3.63) is 58.9 Å². The van der Waals surface area contributed by atoms with Gasteiger partial charge in [-0.3, -0.25) is 14.6 Å². The number of rotatable bonds is 6. The molecule has 0 spiro atoms. The number of carbonyl (C=O) groups excluding carboxylic acids is 2. The number of aryl methyl sites for hydroxylation is 2. The van der Waals surface area contributed by atoms with Gasteiger partial charge in [0, 0.05) is 31.1 Å². The SMILES string of the molecule is COCCNC(=O)c1ccnc(C(=O)Nc2ccc(C)c(C)c2)c1. The van der Waals surface area contributed by atoms with Crippen LogP contribution in [0.1, 0.15) is 32.0 Å². The molecule has 1 heterocycles. The van der Waals surface area contributed by atoms with Gasteiger partial charge in [0.25, 0.3) is 11.8 Å². The molecule has 126 valence electrons. The zero-order chi connectivity index (χ0) is 17.5. The fourth-order valence-electron chi connectivity index (χ4n) is 2.08. The lowest BCUT2D eigenvalue weighted by atomic mass is 10.1. The van der Waals surface area contributed by atoms with Crippen molar-refractivity contribution >= 4 is 17.5 Å². The van der Waals surface area contributed by atoms with Gasteiger partial charge in [-0.25, -0.2) is 0 Å². The molecule has 1 aromatic heterocycles. The quantitative estimate of drug-likeness (QED) is 0.798. The van der Waals surface area contributed by atoms with E-state index in [9.17, 15) is 9.59 Å². The Morgan fingerprint density at radius 2 is 1.88 bits per heavy atom.